The van der Waals surface area contributed by atoms with Crippen LogP contribution in [0.15, 0.2) is 0 Å². The number of alkyl carbamates (subject to hydrolysis) is 1. The standard InChI is InChI=1S/C13H26N2O3/c1-8-13(6,7)15-10(16)9(2)14-11(17)18-12(3,4)5/h9H,8H2,1-7H3,(H,14,17)(H,15,16)/t9-/m1/s1. The second-order valence-electron chi connectivity index (χ2n) is 6.09. The fraction of sp³-hybridized carbons (Fsp3) is 0.846. The van der Waals surface area contributed by atoms with Crippen LogP contribution in [0.4, 0.5) is 4.79 Å². The number of hydrogen-bond acceptors (Lipinski definition) is 3. The van der Waals surface area contributed by atoms with Crippen LogP contribution in [-0.2, 0) is 9.53 Å². The van der Waals surface area contributed by atoms with Crippen molar-refractivity contribution in [2.45, 2.75) is 72.1 Å². The maximum Gasteiger partial charge on any atom is 0.408 e. The zero-order valence-electron chi connectivity index (χ0n) is 12.5. The maximum atomic E-state index is 11.8. The van der Waals surface area contributed by atoms with Gasteiger partial charge in [0.15, 0.2) is 0 Å². The molecule has 0 aliphatic carbocycles. The molecular formula is C13H26N2O3. The number of rotatable bonds is 4. The molecule has 18 heavy (non-hydrogen) atoms. The lowest BCUT2D eigenvalue weighted by Crippen LogP contribution is -2.52. The normalized spacial score (nSPS) is 13.7. The molecule has 5 nitrogen and oxygen atoms in total. The molecular weight excluding hydrogens is 232 g/mol. The van der Waals surface area contributed by atoms with Gasteiger partial charge in [-0.15, -0.1) is 0 Å². The van der Waals surface area contributed by atoms with Gasteiger partial charge in [0.1, 0.15) is 11.6 Å². The lowest BCUT2D eigenvalue weighted by molar-refractivity contribution is -0.124. The highest BCUT2D eigenvalue weighted by molar-refractivity contribution is 5.85. The summed E-state index contributed by atoms with van der Waals surface area (Å²) in [6, 6.07) is -0.620. The van der Waals surface area contributed by atoms with E-state index in [4.69, 9.17) is 4.74 Å². The third kappa shape index (κ3) is 7.14. The Balaban J connectivity index is 4.29. The quantitative estimate of drug-likeness (QED) is 0.812. The molecule has 1 atom stereocenters. The Hall–Kier alpha value is -1.26. The summed E-state index contributed by atoms with van der Waals surface area (Å²) in [7, 11) is 0. The van der Waals surface area contributed by atoms with E-state index in [9.17, 15) is 9.59 Å². The molecule has 2 N–H and O–H groups in total. The molecule has 106 valence electrons. The van der Waals surface area contributed by atoms with Gasteiger partial charge in [-0.1, -0.05) is 6.92 Å². The van der Waals surface area contributed by atoms with Crippen molar-refractivity contribution in [3.05, 3.63) is 0 Å². The van der Waals surface area contributed by atoms with Crippen LogP contribution < -0.4 is 10.6 Å². The predicted molar refractivity (Wildman–Crippen MR) is 71.3 cm³/mol. The maximum absolute atomic E-state index is 11.8. The third-order valence-electron chi connectivity index (χ3n) is 2.47. The molecule has 0 rings (SSSR count). The molecule has 5 heteroatoms. The first-order valence-corrected chi connectivity index (χ1v) is 6.28. The van der Waals surface area contributed by atoms with Gasteiger partial charge in [-0.05, 0) is 48.0 Å². The molecule has 0 aromatic carbocycles. The first kappa shape index (κ1) is 16.7. The van der Waals surface area contributed by atoms with E-state index in [-0.39, 0.29) is 11.4 Å². The van der Waals surface area contributed by atoms with E-state index >= 15 is 0 Å². The molecule has 0 aliphatic heterocycles. The molecule has 0 aromatic heterocycles. The summed E-state index contributed by atoms with van der Waals surface area (Å²) in [4.78, 5) is 23.3. The van der Waals surface area contributed by atoms with Gasteiger partial charge in [0.2, 0.25) is 5.91 Å². The number of carbonyl (C=O) groups is 2. The van der Waals surface area contributed by atoms with Gasteiger partial charge in [-0.2, -0.15) is 0 Å². The fourth-order valence-electron chi connectivity index (χ4n) is 1.08. The fourth-order valence-corrected chi connectivity index (χ4v) is 1.08. The third-order valence-corrected chi connectivity index (χ3v) is 2.47. The highest BCUT2D eigenvalue weighted by Crippen LogP contribution is 2.08. The predicted octanol–water partition coefficient (Wildman–Crippen LogP) is 2.20. The van der Waals surface area contributed by atoms with Crippen LogP contribution in [-0.4, -0.2) is 29.2 Å². The van der Waals surface area contributed by atoms with Crippen molar-refractivity contribution < 1.29 is 14.3 Å². The molecule has 0 fully saturated rings. The van der Waals surface area contributed by atoms with Crippen LogP contribution in [0.3, 0.4) is 0 Å². The summed E-state index contributed by atoms with van der Waals surface area (Å²) < 4.78 is 5.08. The first-order valence-electron chi connectivity index (χ1n) is 6.28. The molecule has 0 saturated heterocycles. The van der Waals surface area contributed by atoms with Gasteiger partial charge in [0, 0.05) is 5.54 Å². The molecule has 0 aliphatic rings. The summed E-state index contributed by atoms with van der Waals surface area (Å²) >= 11 is 0. The molecule has 0 bridgehead atoms. The van der Waals surface area contributed by atoms with Crippen molar-refractivity contribution in [2.75, 3.05) is 0 Å². The minimum atomic E-state index is -0.620. The van der Waals surface area contributed by atoms with Gasteiger partial charge in [0.25, 0.3) is 0 Å². The van der Waals surface area contributed by atoms with E-state index in [1.54, 1.807) is 27.7 Å². The average Bonchev–Trinajstić information content (AvgIpc) is 2.13. The highest BCUT2D eigenvalue weighted by Gasteiger charge is 2.24. The van der Waals surface area contributed by atoms with E-state index < -0.39 is 17.7 Å². The number of hydrogen-bond donors (Lipinski definition) is 2. The molecule has 0 heterocycles. The van der Waals surface area contributed by atoms with Crippen LogP contribution in [0.5, 0.6) is 0 Å². The van der Waals surface area contributed by atoms with Crippen LogP contribution in [0.1, 0.15) is 54.9 Å². The van der Waals surface area contributed by atoms with Crippen LogP contribution >= 0.6 is 0 Å². The lowest BCUT2D eigenvalue weighted by Gasteiger charge is -2.27. The Morgan fingerprint density at radius 1 is 1.17 bits per heavy atom. The van der Waals surface area contributed by atoms with Crippen molar-refractivity contribution in [3.63, 3.8) is 0 Å². The molecule has 0 aromatic rings. The van der Waals surface area contributed by atoms with Crippen molar-refractivity contribution in [2.24, 2.45) is 0 Å². The monoisotopic (exact) mass is 258 g/mol. The minimum absolute atomic E-state index is 0.215. The number of ether oxygens (including phenoxy) is 1. The molecule has 2 amide bonds. The van der Waals surface area contributed by atoms with Crippen molar-refractivity contribution >= 4 is 12.0 Å². The zero-order chi connectivity index (χ0) is 14.6. The summed E-state index contributed by atoms with van der Waals surface area (Å²) in [5, 5.41) is 5.37. The Morgan fingerprint density at radius 3 is 2.06 bits per heavy atom. The van der Waals surface area contributed by atoms with Crippen molar-refractivity contribution in [1.82, 2.24) is 10.6 Å². The summed E-state index contributed by atoms with van der Waals surface area (Å²) in [5.74, 6) is -0.215. The van der Waals surface area contributed by atoms with E-state index in [1.807, 2.05) is 20.8 Å². The van der Waals surface area contributed by atoms with Crippen molar-refractivity contribution in [3.8, 4) is 0 Å². The Kier molecular flexibility index (Phi) is 5.64. The number of carbonyl (C=O) groups excluding carboxylic acids is 2. The smallest absolute Gasteiger partial charge is 0.408 e. The summed E-state index contributed by atoms with van der Waals surface area (Å²) in [6.45, 7) is 12.8. The van der Waals surface area contributed by atoms with Crippen LogP contribution in [0, 0.1) is 0 Å². The van der Waals surface area contributed by atoms with E-state index in [0.717, 1.165) is 6.42 Å². The molecule has 0 saturated carbocycles. The Bertz CT molecular complexity index is 306. The Morgan fingerprint density at radius 2 is 1.67 bits per heavy atom. The van der Waals surface area contributed by atoms with Gasteiger partial charge in [0.05, 0.1) is 0 Å². The SMILES string of the molecule is CCC(C)(C)NC(=O)[C@@H](C)NC(=O)OC(C)(C)C. The molecule has 0 radical (unpaired) electrons. The average molecular weight is 258 g/mol. The van der Waals surface area contributed by atoms with E-state index in [0.29, 0.717) is 0 Å². The second-order valence-corrected chi connectivity index (χ2v) is 6.09. The second kappa shape index (κ2) is 6.07. The lowest BCUT2D eigenvalue weighted by atomic mass is 10.0. The van der Waals surface area contributed by atoms with E-state index in [1.165, 1.54) is 0 Å². The van der Waals surface area contributed by atoms with Gasteiger partial charge in [-0.3, -0.25) is 4.79 Å². The Labute approximate surface area is 110 Å². The summed E-state index contributed by atoms with van der Waals surface area (Å²) in [5.41, 5.74) is -0.843. The van der Waals surface area contributed by atoms with Gasteiger partial charge < -0.3 is 15.4 Å². The number of amides is 2. The van der Waals surface area contributed by atoms with Gasteiger partial charge >= 0.3 is 6.09 Å². The topological polar surface area (TPSA) is 67.4 Å². The van der Waals surface area contributed by atoms with E-state index in [2.05, 4.69) is 10.6 Å². The van der Waals surface area contributed by atoms with Gasteiger partial charge in [-0.25, -0.2) is 4.79 Å². The largest absolute Gasteiger partial charge is 0.444 e. The first-order chi connectivity index (χ1) is 7.97. The zero-order valence-corrected chi connectivity index (χ0v) is 12.5. The highest BCUT2D eigenvalue weighted by atomic mass is 16.6. The molecule has 0 unspecified atom stereocenters. The number of nitrogens with one attached hydrogen (secondary N) is 2. The minimum Gasteiger partial charge on any atom is -0.444 e. The van der Waals surface area contributed by atoms with Crippen LogP contribution in [0.25, 0.3) is 0 Å². The van der Waals surface area contributed by atoms with Crippen LogP contribution in [0.2, 0.25) is 0 Å². The molecule has 0 spiro atoms. The summed E-state index contributed by atoms with van der Waals surface area (Å²) in [6.07, 6.45) is 0.234. The van der Waals surface area contributed by atoms with Crippen molar-refractivity contribution in [1.29, 1.82) is 0 Å².